The average Bonchev–Trinajstić information content (AvgIpc) is 2.42. The third-order valence-electron chi connectivity index (χ3n) is 3.22. The van der Waals surface area contributed by atoms with E-state index in [-0.39, 0.29) is 5.78 Å². The summed E-state index contributed by atoms with van der Waals surface area (Å²) in [7, 11) is 0. The Kier molecular flexibility index (Phi) is 4.36. The van der Waals surface area contributed by atoms with Gasteiger partial charge in [-0.15, -0.1) is 0 Å². The van der Waals surface area contributed by atoms with Gasteiger partial charge < -0.3 is 0 Å². The van der Waals surface area contributed by atoms with Gasteiger partial charge in [-0.2, -0.15) is 5.26 Å². The lowest BCUT2D eigenvalue weighted by Crippen LogP contribution is -2.12. The van der Waals surface area contributed by atoms with Gasteiger partial charge in [-0.3, -0.25) is 4.79 Å². The van der Waals surface area contributed by atoms with Crippen LogP contribution in [-0.4, -0.2) is 5.78 Å². The number of hydrogen-bond acceptors (Lipinski definition) is 2. The molecule has 0 saturated carbocycles. The number of nitrogens with zero attached hydrogens (tertiary/aromatic N) is 1. The summed E-state index contributed by atoms with van der Waals surface area (Å²) in [6.45, 7) is 3.87. The highest BCUT2D eigenvalue weighted by molar-refractivity contribution is 9.10. The van der Waals surface area contributed by atoms with Gasteiger partial charge in [0.1, 0.15) is 5.92 Å². The number of Topliss-reactive ketones (excluding diaryl/α,β-unsaturated/α-hetero) is 1. The second-order valence-corrected chi connectivity index (χ2v) is 5.57. The molecule has 0 radical (unpaired) electrons. The third kappa shape index (κ3) is 2.81. The number of halogens is 1. The fourth-order valence-corrected chi connectivity index (χ4v) is 2.59. The van der Waals surface area contributed by atoms with E-state index in [9.17, 15) is 10.1 Å². The Morgan fingerprint density at radius 2 is 1.90 bits per heavy atom. The van der Waals surface area contributed by atoms with E-state index < -0.39 is 5.92 Å². The maximum absolute atomic E-state index is 12.6. The van der Waals surface area contributed by atoms with Gasteiger partial charge in [0.05, 0.1) is 6.07 Å². The first-order chi connectivity index (χ1) is 9.54. The molecule has 0 aromatic heterocycles. The van der Waals surface area contributed by atoms with Crippen LogP contribution in [-0.2, 0) is 0 Å². The zero-order chi connectivity index (χ0) is 14.7. The lowest BCUT2D eigenvalue weighted by Gasteiger charge is -2.11. The summed E-state index contributed by atoms with van der Waals surface area (Å²) in [6, 6.07) is 15.2. The molecular weight excluding hydrogens is 314 g/mol. The molecule has 100 valence electrons. The molecule has 3 heteroatoms. The molecule has 0 aliphatic rings. The van der Waals surface area contributed by atoms with Gasteiger partial charge in [0, 0.05) is 10.0 Å². The van der Waals surface area contributed by atoms with Gasteiger partial charge in [-0.25, -0.2) is 0 Å². The van der Waals surface area contributed by atoms with E-state index >= 15 is 0 Å². The molecule has 0 bridgehead atoms. The first-order valence-electron chi connectivity index (χ1n) is 6.30. The fourth-order valence-electron chi connectivity index (χ4n) is 2.13. The van der Waals surface area contributed by atoms with Crippen molar-refractivity contribution in [2.75, 3.05) is 0 Å². The molecule has 0 N–H and O–H groups in total. The molecule has 20 heavy (non-hydrogen) atoms. The molecule has 0 aliphatic carbocycles. The second-order valence-electron chi connectivity index (χ2n) is 4.78. The Bertz CT molecular complexity index is 700. The summed E-state index contributed by atoms with van der Waals surface area (Å²) >= 11 is 3.44. The highest BCUT2D eigenvalue weighted by Gasteiger charge is 2.23. The van der Waals surface area contributed by atoms with Crippen LogP contribution in [0.5, 0.6) is 0 Å². The van der Waals surface area contributed by atoms with Crippen molar-refractivity contribution in [2.45, 2.75) is 19.8 Å². The van der Waals surface area contributed by atoms with Crippen molar-refractivity contribution in [3.63, 3.8) is 0 Å². The Morgan fingerprint density at radius 3 is 2.55 bits per heavy atom. The van der Waals surface area contributed by atoms with Crippen LogP contribution < -0.4 is 0 Å². The van der Waals surface area contributed by atoms with Crippen LogP contribution in [0.2, 0.25) is 0 Å². The first kappa shape index (κ1) is 14.5. The summed E-state index contributed by atoms with van der Waals surface area (Å²) in [6.07, 6.45) is 0. The minimum Gasteiger partial charge on any atom is -0.292 e. The zero-order valence-electron chi connectivity index (χ0n) is 11.4. The Morgan fingerprint density at radius 1 is 1.20 bits per heavy atom. The van der Waals surface area contributed by atoms with Crippen molar-refractivity contribution >= 4 is 21.7 Å². The van der Waals surface area contributed by atoms with Gasteiger partial charge in [0.25, 0.3) is 0 Å². The van der Waals surface area contributed by atoms with Crippen molar-refractivity contribution in [1.29, 1.82) is 5.26 Å². The number of carbonyl (C=O) groups excluding carboxylic acids is 1. The van der Waals surface area contributed by atoms with E-state index in [2.05, 4.69) is 22.0 Å². The lowest BCUT2D eigenvalue weighted by molar-refractivity contribution is 0.0978. The molecule has 2 nitrogen and oxygen atoms in total. The number of carbonyl (C=O) groups is 1. The molecule has 1 unspecified atom stereocenters. The summed E-state index contributed by atoms with van der Waals surface area (Å²) in [5, 5.41) is 9.38. The minimum atomic E-state index is -0.770. The Balaban J connectivity index is 2.45. The van der Waals surface area contributed by atoms with E-state index in [1.165, 1.54) is 0 Å². The minimum absolute atomic E-state index is 0.173. The fraction of sp³-hybridized carbons (Fsp3) is 0.176. The van der Waals surface area contributed by atoms with Crippen molar-refractivity contribution in [3.8, 4) is 6.07 Å². The van der Waals surface area contributed by atoms with Gasteiger partial charge in [-0.1, -0.05) is 48.0 Å². The molecule has 0 fully saturated rings. The predicted octanol–water partition coefficient (Wildman–Crippen LogP) is 4.56. The molecule has 2 aromatic rings. The topological polar surface area (TPSA) is 40.9 Å². The molecule has 2 rings (SSSR count). The largest absolute Gasteiger partial charge is 0.292 e. The number of hydrogen-bond donors (Lipinski definition) is 0. The van der Waals surface area contributed by atoms with Crippen molar-refractivity contribution in [3.05, 3.63) is 69.2 Å². The maximum Gasteiger partial charge on any atom is 0.185 e. The highest BCUT2D eigenvalue weighted by atomic mass is 79.9. The SMILES string of the molecule is Cc1cccc(C(C#N)C(=O)c2cccc(C)c2Br)c1. The number of aryl methyl sites for hydroxylation is 2. The Hall–Kier alpha value is -1.92. The highest BCUT2D eigenvalue weighted by Crippen LogP contribution is 2.27. The quantitative estimate of drug-likeness (QED) is 0.775. The van der Waals surface area contributed by atoms with Crippen LogP contribution in [0.15, 0.2) is 46.9 Å². The predicted molar refractivity (Wildman–Crippen MR) is 82.7 cm³/mol. The van der Waals surface area contributed by atoms with Gasteiger partial charge in [0.2, 0.25) is 0 Å². The average molecular weight is 328 g/mol. The zero-order valence-corrected chi connectivity index (χ0v) is 12.9. The second kappa shape index (κ2) is 6.02. The van der Waals surface area contributed by atoms with E-state index in [1.54, 1.807) is 6.07 Å². The lowest BCUT2D eigenvalue weighted by atomic mass is 9.90. The summed E-state index contributed by atoms with van der Waals surface area (Å²) < 4.78 is 0.762. The van der Waals surface area contributed by atoms with Crippen LogP contribution in [0.3, 0.4) is 0 Å². The van der Waals surface area contributed by atoms with Gasteiger partial charge in [-0.05, 0) is 40.9 Å². The van der Waals surface area contributed by atoms with Crippen LogP contribution in [0.1, 0.15) is 33.0 Å². The van der Waals surface area contributed by atoms with E-state index in [0.717, 1.165) is 21.2 Å². The van der Waals surface area contributed by atoms with Crippen molar-refractivity contribution in [1.82, 2.24) is 0 Å². The molecular formula is C17H14BrNO. The maximum atomic E-state index is 12.6. The van der Waals surface area contributed by atoms with Crippen LogP contribution in [0, 0.1) is 25.2 Å². The molecule has 1 atom stereocenters. The summed E-state index contributed by atoms with van der Waals surface area (Å²) in [5.41, 5.74) is 3.32. The first-order valence-corrected chi connectivity index (χ1v) is 7.09. The number of benzene rings is 2. The standard InChI is InChI=1S/C17H14BrNO/c1-11-5-3-7-13(9-11)15(10-19)17(20)14-8-4-6-12(2)16(14)18/h3-9,15H,1-2H3. The smallest absolute Gasteiger partial charge is 0.185 e. The molecule has 0 aliphatic heterocycles. The van der Waals surface area contributed by atoms with Gasteiger partial charge >= 0.3 is 0 Å². The molecule has 2 aromatic carbocycles. The van der Waals surface area contributed by atoms with E-state index in [4.69, 9.17) is 0 Å². The number of ketones is 1. The van der Waals surface area contributed by atoms with Crippen LogP contribution in [0.4, 0.5) is 0 Å². The molecule has 0 amide bonds. The van der Waals surface area contributed by atoms with Crippen LogP contribution in [0.25, 0.3) is 0 Å². The number of rotatable bonds is 3. The summed E-state index contributed by atoms with van der Waals surface area (Å²) in [5.74, 6) is -0.943. The molecule has 0 heterocycles. The van der Waals surface area contributed by atoms with Gasteiger partial charge in [0.15, 0.2) is 5.78 Å². The third-order valence-corrected chi connectivity index (χ3v) is 4.28. The van der Waals surface area contributed by atoms with E-state index in [1.807, 2.05) is 50.2 Å². The van der Waals surface area contributed by atoms with E-state index in [0.29, 0.717) is 5.56 Å². The van der Waals surface area contributed by atoms with Crippen molar-refractivity contribution in [2.24, 2.45) is 0 Å². The summed E-state index contributed by atoms with van der Waals surface area (Å²) in [4.78, 5) is 12.6. The van der Waals surface area contributed by atoms with Crippen LogP contribution >= 0.6 is 15.9 Å². The number of nitriles is 1. The van der Waals surface area contributed by atoms with Crippen molar-refractivity contribution < 1.29 is 4.79 Å². The Labute approximate surface area is 127 Å². The molecule has 0 saturated heterocycles. The normalized spacial score (nSPS) is 11.7. The molecule has 0 spiro atoms. The monoisotopic (exact) mass is 327 g/mol.